The Morgan fingerprint density at radius 2 is 2.04 bits per heavy atom. The monoisotopic (exact) mass is 368 g/mol. The number of aliphatic carboxylic acids is 1. The van der Waals surface area contributed by atoms with Gasteiger partial charge in [-0.25, -0.2) is 4.98 Å². The number of rotatable bonds is 4. The van der Waals surface area contributed by atoms with Crippen molar-refractivity contribution in [2.24, 2.45) is 18.4 Å². The molecule has 2 aliphatic rings. The Morgan fingerprint density at radius 1 is 1.26 bits per heavy atom. The summed E-state index contributed by atoms with van der Waals surface area (Å²) >= 11 is 0. The predicted octanol–water partition coefficient (Wildman–Crippen LogP) is 1.39. The van der Waals surface area contributed by atoms with Crippen molar-refractivity contribution in [1.29, 1.82) is 0 Å². The number of likely N-dealkylation sites (tertiary alicyclic amines) is 2. The molecule has 2 aromatic rings. The first-order valence-corrected chi connectivity index (χ1v) is 9.17. The molecule has 0 unspecified atom stereocenters. The van der Waals surface area contributed by atoms with Gasteiger partial charge >= 0.3 is 5.97 Å². The molecule has 4 rings (SSSR count). The van der Waals surface area contributed by atoms with Crippen molar-refractivity contribution < 1.29 is 14.7 Å². The Balaban J connectivity index is 1.52. The molecular formula is C20H24N4O3. The van der Waals surface area contributed by atoms with Gasteiger partial charge in [-0.15, -0.1) is 0 Å². The van der Waals surface area contributed by atoms with E-state index in [9.17, 15) is 14.7 Å². The van der Waals surface area contributed by atoms with Gasteiger partial charge in [-0.05, 0) is 18.1 Å². The first kappa shape index (κ1) is 17.7. The lowest BCUT2D eigenvalue weighted by Gasteiger charge is -2.25. The first-order chi connectivity index (χ1) is 12.9. The summed E-state index contributed by atoms with van der Waals surface area (Å²) in [7, 11) is 1.77. The van der Waals surface area contributed by atoms with Crippen LogP contribution in [-0.4, -0.2) is 62.5 Å². The Kier molecular flexibility index (Phi) is 4.26. The number of fused-ring (bicyclic) bond motifs is 1. The smallest absolute Gasteiger partial charge is 0.313 e. The Labute approximate surface area is 158 Å². The van der Waals surface area contributed by atoms with E-state index in [4.69, 9.17) is 0 Å². The summed E-state index contributed by atoms with van der Waals surface area (Å²) in [6.07, 6.45) is 3.31. The van der Waals surface area contributed by atoms with Crippen LogP contribution in [-0.2, 0) is 18.4 Å². The summed E-state index contributed by atoms with van der Waals surface area (Å²) < 4.78 is 1.67. The summed E-state index contributed by atoms with van der Waals surface area (Å²) in [6.45, 7) is 4.67. The normalized spacial score (nSPS) is 25.0. The second-order valence-electron chi connectivity index (χ2n) is 7.80. The van der Waals surface area contributed by atoms with Gasteiger partial charge in [-0.2, -0.15) is 0 Å². The second kappa shape index (κ2) is 6.49. The zero-order valence-electron chi connectivity index (χ0n) is 15.6. The minimum atomic E-state index is -0.899. The fraction of sp³-hybridized carbons (Fsp3) is 0.450. The predicted molar refractivity (Wildman–Crippen MR) is 99.1 cm³/mol. The van der Waals surface area contributed by atoms with Gasteiger partial charge < -0.3 is 14.6 Å². The van der Waals surface area contributed by atoms with E-state index in [1.54, 1.807) is 28.9 Å². The van der Waals surface area contributed by atoms with Crippen LogP contribution in [0.4, 0.5) is 0 Å². The van der Waals surface area contributed by atoms with Crippen LogP contribution in [0.2, 0.25) is 0 Å². The number of hydrogen-bond acceptors (Lipinski definition) is 4. The average Bonchev–Trinajstić information content (AvgIpc) is 3.29. The van der Waals surface area contributed by atoms with Crippen molar-refractivity contribution in [2.75, 3.05) is 26.2 Å². The highest BCUT2D eigenvalue weighted by molar-refractivity contribution is 5.92. The van der Waals surface area contributed by atoms with Crippen molar-refractivity contribution >= 4 is 11.9 Å². The third kappa shape index (κ3) is 2.92. The Morgan fingerprint density at radius 3 is 2.67 bits per heavy atom. The number of benzene rings is 1. The molecule has 1 amide bonds. The molecule has 2 saturated heterocycles. The second-order valence-corrected chi connectivity index (χ2v) is 7.80. The van der Waals surface area contributed by atoms with Gasteiger partial charge in [-0.1, -0.05) is 24.3 Å². The van der Waals surface area contributed by atoms with Crippen LogP contribution in [0.1, 0.15) is 21.7 Å². The average molecular weight is 368 g/mol. The van der Waals surface area contributed by atoms with E-state index in [1.165, 1.54) is 11.1 Å². The molecular weight excluding hydrogens is 344 g/mol. The van der Waals surface area contributed by atoms with Gasteiger partial charge in [0.15, 0.2) is 5.82 Å². The summed E-state index contributed by atoms with van der Waals surface area (Å²) in [5, 5.41) is 10.0. The number of aromatic nitrogens is 2. The van der Waals surface area contributed by atoms with E-state index in [0.717, 1.165) is 6.54 Å². The van der Waals surface area contributed by atoms with E-state index < -0.39 is 11.4 Å². The third-order valence-corrected chi connectivity index (χ3v) is 6.06. The summed E-state index contributed by atoms with van der Waals surface area (Å²) in [5.74, 6) is -0.714. The van der Waals surface area contributed by atoms with Crippen molar-refractivity contribution in [3.8, 4) is 0 Å². The molecule has 2 aliphatic heterocycles. The SMILES string of the molecule is Cc1ccccc1CN1C[C@H]2CN(C(=O)c3nccn3C)C[C@@]2(C(=O)O)C1. The van der Waals surface area contributed by atoms with Crippen molar-refractivity contribution in [3.63, 3.8) is 0 Å². The van der Waals surface area contributed by atoms with Crippen LogP contribution in [0.25, 0.3) is 0 Å². The molecule has 1 aromatic carbocycles. The number of aryl methyl sites for hydroxylation is 2. The first-order valence-electron chi connectivity index (χ1n) is 9.17. The summed E-state index contributed by atoms with van der Waals surface area (Å²) in [6, 6.07) is 8.19. The lowest BCUT2D eigenvalue weighted by atomic mass is 9.81. The quantitative estimate of drug-likeness (QED) is 0.882. The number of amides is 1. The molecule has 142 valence electrons. The lowest BCUT2D eigenvalue weighted by molar-refractivity contribution is -0.148. The van der Waals surface area contributed by atoms with Gasteiger partial charge in [0.05, 0.1) is 0 Å². The number of carbonyl (C=O) groups is 2. The fourth-order valence-electron chi connectivity index (χ4n) is 4.49. The van der Waals surface area contributed by atoms with Gasteiger partial charge in [0.25, 0.3) is 5.91 Å². The van der Waals surface area contributed by atoms with Gasteiger partial charge in [0.1, 0.15) is 5.41 Å². The molecule has 0 spiro atoms. The number of hydrogen-bond donors (Lipinski definition) is 1. The minimum absolute atomic E-state index is 0.0664. The molecule has 3 heterocycles. The number of imidazole rings is 1. The highest BCUT2D eigenvalue weighted by atomic mass is 16.4. The number of nitrogens with zero attached hydrogens (tertiary/aromatic N) is 4. The fourth-order valence-corrected chi connectivity index (χ4v) is 4.49. The zero-order chi connectivity index (χ0) is 19.2. The van der Waals surface area contributed by atoms with Crippen LogP contribution in [0.3, 0.4) is 0 Å². The van der Waals surface area contributed by atoms with E-state index in [2.05, 4.69) is 28.9 Å². The third-order valence-electron chi connectivity index (χ3n) is 6.06. The maximum absolute atomic E-state index is 12.8. The van der Waals surface area contributed by atoms with Crippen molar-refractivity contribution in [1.82, 2.24) is 19.4 Å². The number of carboxylic acid groups (broad SMARTS) is 1. The maximum atomic E-state index is 12.8. The number of carboxylic acids is 1. The van der Waals surface area contributed by atoms with E-state index in [-0.39, 0.29) is 18.4 Å². The van der Waals surface area contributed by atoms with Crippen LogP contribution >= 0.6 is 0 Å². The van der Waals surface area contributed by atoms with Crippen LogP contribution in [0.15, 0.2) is 36.7 Å². The maximum Gasteiger partial charge on any atom is 0.313 e. The molecule has 2 fully saturated rings. The van der Waals surface area contributed by atoms with Crippen LogP contribution in [0.5, 0.6) is 0 Å². The topological polar surface area (TPSA) is 78.7 Å². The van der Waals surface area contributed by atoms with Gasteiger partial charge in [0, 0.05) is 58.1 Å². The lowest BCUT2D eigenvalue weighted by Crippen LogP contribution is -2.42. The Bertz CT molecular complexity index is 893. The molecule has 27 heavy (non-hydrogen) atoms. The molecule has 0 radical (unpaired) electrons. The largest absolute Gasteiger partial charge is 0.481 e. The molecule has 0 saturated carbocycles. The summed E-state index contributed by atoms with van der Waals surface area (Å²) in [5.41, 5.74) is 1.54. The van der Waals surface area contributed by atoms with Gasteiger partial charge in [0.2, 0.25) is 0 Å². The Hall–Kier alpha value is -2.67. The zero-order valence-corrected chi connectivity index (χ0v) is 15.6. The van der Waals surface area contributed by atoms with Crippen molar-refractivity contribution in [2.45, 2.75) is 13.5 Å². The summed E-state index contributed by atoms with van der Waals surface area (Å²) in [4.78, 5) is 33.0. The van der Waals surface area contributed by atoms with E-state index in [1.807, 2.05) is 12.1 Å². The molecule has 7 nitrogen and oxygen atoms in total. The highest BCUT2D eigenvalue weighted by Crippen LogP contribution is 2.43. The molecule has 0 aliphatic carbocycles. The van der Waals surface area contributed by atoms with E-state index in [0.29, 0.717) is 25.5 Å². The molecule has 1 N–H and O–H groups in total. The molecule has 7 heteroatoms. The van der Waals surface area contributed by atoms with Gasteiger partial charge in [-0.3, -0.25) is 14.5 Å². The standard InChI is InChI=1S/C20H24N4O3/c1-14-5-3-4-6-15(14)9-23-10-16-11-24(13-20(16,12-23)19(26)27)18(25)17-21-7-8-22(17)2/h3-8,16H,9-13H2,1-2H3,(H,26,27)/t16-,20-/m0/s1. The minimum Gasteiger partial charge on any atom is -0.481 e. The molecule has 0 bridgehead atoms. The highest BCUT2D eigenvalue weighted by Gasteiger charge is 2.58. The van der Waals surface area contributed by atoms with Crippen LogP contribution < -0.4 is 0 Å². The van der Waals surface area contributed by atoms with Crippen LogP contribution in [0, 0.1) is 18.3 Å². The van der Waals surface area contributed by atoms with E-state index >= 15 is 0 Å². The molecule has 1 aromatic heterocycles. The number of carbonyl (C=O) groups excluding carboxylic acids is 1. The van der Waals surface area contributed by atoms with Crippen molar-refractivity contribution in [3.05, 3.63) is 53.6 Å². The molecule has 2 atom stereocenters.